The summed E-state index contributed by atoms with van der Waals surface area (Å²) >= 11 is 0. The largest absolute Gasteiger partial charge is 0.416 e. The third-order valence-corrected chi connectivity index (χ3v) is 4.83. The summed E-state index contributed by atoms with van der Waals surface area (Å²) in [6.07, 6.45) is -4.19. The SMILES string of the molecule is O=C(NCCC(=O)N1CCN(c2cccc(C(F)(F)F)c2)CC1)c1ccccc1. The van der Waals surface area contributed by atoms with Gasteiger partial charge in [-0.3, -0.25) is 9.59 Å². The first-order valence-electron chi connectivity index (χ1n) is 9.38. The zero-order chi connectivity index (χ0) is 20.9. The molecule has 2 aromatic carbocycles. The van der Waals surface area contributed by atoms with Gasteiger partial charge in [-0.1, -0.05) is 24.3 Å². The smallest absolute Gasteiger partial charge is 0.368 e. The molecule has 1 N–H and O–H groups in total. The molecule has 154 valence electrons. The number of hydrogen-bond acceptors (Lipinski definition) is 3. The summed E-state index contributed by atoms with van der Waals surface area (Å²) < 4.78 is 38.7. The van der Waals surface area contributed by atoms with Crippen molar-refractivity contribution >= 4 is 17.5 Å². The second kappa shape index (κ2) is 8.98. The Morgan fingerprint density at radius 3 is 2.28 bits per heavy atom. The standard InChI is InChI=1S/C21H22F3N3O2/c22-21(23,24)17-7-4-8-18(15-17)26-11-13-27(14-12-26)19(28)9-10-25-20(29)16-5-2-1-3-6-16/h1-8,15H,9-14H2,(H,25,29). The molecule has 2 aromatic rings. The number of carbonyl (C=O) groups is 2. The Kier molecular flexibility index (Phi) is 6.41. The highest BCUT2D eigenvalue weighted by Crippen LogP contribution is 2.31. The molecule has 2 amide bonds. The molecular formula is C21H22F3N3O2. The van der Waals surface area contributed by atoms with Crippen LogP contribution in [0.5, 0.6) is 0 Å². The van der Waals surface area contributed by atoms with E-state index in [2.05, 4.69) is 5.32 Å². The van der Waals surface area contributed by atoms with Gasteiger partial charge < -0.3 is 15.1 Å². The van der Waals surface area contributed by atoms with Crippen LogP contribution in [-0.2, 0) is 11.0 Å². The molecule has 0 atom stereocenters. The molecular weight excluding hydrogens is 383 g/mol. The first-order valence-corrected chi connectivity index (χ1v) is 9.38. The van der Waals surface area contributed by atoms with Gasteiger partial charge in [-0.05, 0) is 30.3 Å². The minimum Gasteiger partial charge on any atom is -0.368 e. The minimum atomic E-state index is -4.38. The molecule has 0 aromatic heterocycles. The second-order valence-electron chi connectivity index (χ2n) is 6.79. The molecule has 1 fully saturated rings. The number of anilines is 1. The molecule has 29 heavy (non-hydrogen) atoms. The number of nitrogens with zero attached hydrogens (tertiary/aromatic N) is 2. The highest BCUT2D eigenvalue weighted by Gasteiger charge is 2.31. The summed E-state index contributed by atoms with van der Waals surface area (Å²) in [4.78, 5) is 27.9. The molecule has 5 nitrogen and oxygen atoms in total. The maximum absolute atomic E-state index is 12.9. The normalized spacial score (nSPS) is 14.6. The summed E-state index contributed by atoms with van der Waals surface area (Å²) in [5, 5.41) is 2.72. The summed E-state index contributed by atoms with van der Waals surface area (Å²) in [5.41, 5.74) is 0.361. The van der Waals surface area contributed by atoms with Crippen LogP contribution in [0.2, 0.25) is 0 Å². The van der Waals surface area contributed by atoms with Crippen molar-refractivity contribution in [1.82, 2.24) is 10.2 Å². The van der Waals surface area contributed by atoms with Gasteiger partial charge >= 0.3 is 6.18 Å². The van der Waals surface area contributed by atoms with Gasteiger partial charge in [-0.15, -0.1) is 0 Å². The summed E-state index contributed by atoms with van der Waals surface area (Å²) in [6.45, 7) is 2.02. The number of piperazine rings is 1. The number of benzene rings is 2. The van der Waals surface area contributed by atoms with E-state index < -0.39 is 11.7 Å². The number of halogens is 3. The quantitative estimate of drug-likeness (QED) is 0.832. The van der Waals surface area contributed by atoms with Crippen LogP contribution in [0.15, 0.2) is 54.6 Å². The number of rotatable bonds is 5. The van der Waals surface area contributed by atoms with E-state index in [1.54, 1.807) is 35.2 Å². The van der Waals surface area contributed by atoms with Crippen LogP contribution in [0, 0.1) is 0 Å². The van der Waals surface area contributed by atoms with E-state index in [4.69, 9.17) is 0 Å². The fraction of sp³-hybridized carbons (Fsp3) is 0.333. The number of alkyl halides is 3. The Hall–Kier alpha value is -3.03. The van der Waals surface area contributed by atoms with Crippen molar-refractivity contribution in [1.29, 1.82) is 0 Å². The van der Waals surface area contributed by atoms with Crippen LogP contribution in [0.25, 0.3) is 0 Å². The van der Waals surface area contributed by atoms with E-state index in [0.717, 1.165) is 12.1 Å². The Morgan fingerprint density at radius 2 is 1.62 bits per heavy atom. The average molecular weight is 405 g/mol. The van der Waals surface area contributed by atoms with Crippen LogP contribution in [0.4, 0.5) is 18.9 Å². The molecule has 8 heteroatoms. The van der Waals surface area contributed by atoms with Gasteiger partial charge in [0, 0.05) is 50.4 Å². The van der Waals surface area contributed by atoms with Gasteiger partial charge in [0.1, 0.15) is 0 Å². The number of carbonyl (C=O) groups excluding carboxylic acids is 2. The Labute approximate surface area is 167 Å². The number of hydrogen-bond donors (Lipinski definition) is 1. The molecule has 0 saturated carbocycles. The molecule has 0 radical (unpaired) electrons. The van der Waals surface area contributed by atoms with E-state index in [1.165, 1.54) is 6.07 Å². The fourth-order valence-corrected chi connectivity index (χ4v) is 3.23. The minimum absolute atomic E-state index is 0.0814. The molecule has 1 heterocycles. The van der Waals surface area contributed by atoms with Crippen LogP contribution in [-0.4, -0.2) is 49.4 Å². The maximum atomic E-state index is 12.9. The lowest BCUT2D eigenvalue weighted by Crippen LogP contribution is -2.49. The predicted octanol–water partition coefficient (Wildman–Crippen LogP) is 3.17. The van der Waals surface area contributed by atoms with Crippen molar-refractivity contribution in [2.45, 2.75) is 12.6 Å². The van der Waals surface area contributed by atoms with E-state index in [-0.39, 0.29) is 24.8 Å². The van der Waals surface area contributed by atoms with Crippen LogP contribution in [0.1, 0.15) is 22.3 Å². The lowest BCUT2D eigenvalue weighted by molar-refractivity contribution is -0.137. The third kappa shape index (κ3) is 5.49. The molecule has 0 spiro atoms. The average Bonchev–Trinajstić information content (AvgIpc) is 2.74. The first kappa shape index (κ1) is 20.7. The van der Waals surface area contributed by atoms with Crippen molar-refractivity contribution < 1.29 is 22.8 Å². The Balaban J connectivity index is 1.45. The van der Waals surface area contributed by atoms with Crippen molar-refractivity contribution in [2.24, 2.45) is 0 Å². The Morgan fingerprint density at radius 1 is 0.931 bits per heavy atom. The maximum Gasteiger partial charge on any atom is 0.416 e. The highest BCUT2D eigenvalue weighted by atomic mass is 19.4. The van der Waals surface area contributed by atoms with E-state index in [9.17, 15) is 22.8 Å². The Bertz CT molecular complexity index is 848. The van der Waals surface area contributed by atoms with Gasteiger partial charge in [-0.25, -0.2) is 0 Å². The third-order valence-electron chi connectivity index (χ3n) is 4.83. The van der Waals surface area contributed by atoms with Crippen molar-refractivity contribution in [2.75, 3.05) is 37.6 Å². The fourth-order valence-electron chi connectivity index (χ4n) is 3.23. The van der Waals surface area contributed by atoms with Crippen LogP contribution < -0.4 is 10.2 Å². The molecule has 1 saturated heterocycles. The number of nitrogens with one attached hydrogen (secondary N) is 1. The lowest BCUT2D eigenvalue weighted by atomic mass is 10.1. The van der Waals surface area contributed by atoms with Gasteiger partial charge in [0.15, 0.2) is 0 Å². The molecule has 1 aliphatic heterocycles. The molecule has 3 rings (SSSR count). The van der Waals surface area contributed by atoms with Crippen LogP contribution in [0.3, 0.4) is 0 Å². The van der Waals surface area contributed by atoms with Gasteiger partial charge in [-0.2, -0.15) is 13.2 Å². The van der Waals surface area contributed by atoms with Gasteiger partial charge in [0.25, 0.3) is 5.91 Å². The zero-order valence-corrected chi connectivity index (χ0v) is 15.8. The monoisotopic (exact) mass is 405 g/mol. The number of amides is 2. The van der Waals surface area contributed by atoms with Crippen molar-refractivity contribution in [3.8, 4) is 0 Å². The van der Waals surface area contributed by atoms with E-state index in [0.29, 0.717) is 37.4 Å². The second-order valence-corrected chi connectivity index (χ2v) is 6.79. The molecule has 1 aliphatic rings. The van der Waals surface area contributed by atoms with Crippen molar-refractivity contribution in [3.05, 3.63) is 65.7 Å². The van der Waals surface area contributed by atoms with Gasteiger partial charge in [0.05, 0.1) is 5.56 Å². The summed E-state index contributed by atoms with van der Waals surface area (Å²) in [6, 6.07) is 14.0. The predicted molar refractivity (Wildman–Crippen MR) is 104 cm³/mol. The van der Waals surface area contributed by atoms with Crippen molar-refractivity contribution in [3.63, 3.8) is 0 Å². The molecule has 0 aliphatic carbocycles. The first-order chi connectivity index (χ1) is 13.8. The lowest BCUT2D eigenvalue weighted by Gasteiger charge is -2.36. The molecule has 0 bridgehead atoms. The molecule has 0 unspecified atom stereocenters. The highest BCUT2D eigenvalue weighted by molar-refractivity contribution is 5.94. The zero-order valence-electron chi connectivity index (χ0n) is 15.8. The summed E-state index contributed by atoms with van der Waals surface area (Å²) in [5.74, 6) is -0.310. The summed E-state index contributed by atoms with van der Waals surface area (Å²) in [7, 11) is 0. The van der Waals surface area contributed by atoms with E-state index >= 15 is 0 Å². The van der Waals surface area contributed by atoms with Crippen LogP contribution >= 0.6 is 0 Å². The van der Waals surface area contributed by atoms with E-state index in [1.807, 2.05) is 11.0 Å². The topological polar surface area (TPSA) is 52.7 Å². The van der Waals surface area contributed by atoms with Gasteiger partial charge in [0.2, 0.25) is 5.91 Å².